The van der Waals surface area contributed by atoms with Crippen LogP contribution in [0.2, 0.25) is 0 Å². The molecule has 13 heteroatoms. The number of amides is 2. The predicted octanol–water partition coefficient (Wildman–Crippen LogP) is 5.41. The Balaban J connectivity index is 1.48. The Morgan fingerprint density at radius 2 is 1.64 bits per heavy atom. The summed E-state index contributed by atoms with van der Waals surface area (Å²) < 4.78 is 0. The van der Waals surface area contributed by atoms with E-state index in [0.29, 0.717) is 41.2 Å². The number of nitro groups is 2. The zero-order valence-corrected chi connectivity index (χ0v) is 20.1. The summed E-state index contributed by atoms with van der Waals surface area (Å²) in [5, 5.41) is 29.5. The summed E-state index contributed by atoms with van der Waals surface area (Å²) in [7, 11) is 0. The molecule has 0 aliphatic carbocycles. The highest BCUT2D eigenvalue weighted by atomic mass is 32.1. The minimum Gasteiger partial charge on any atom is -0.370 e. The van der Waals surface area contributed by atoms with Crippen LogP contribution in [0.4, 0.5) is 27.1 Å². The van der Waals surface area contributed by atoms with E-state index in [4.69, 9.17) is 0 Å². The summed E-state index contributed by atoms with van der Waals surface area (Å²) in [6.45, 7) is 5.01. The first-order valence-corrected chi connectivity index (χ1v) is 11.7. The molecule has 2 aromatic carbocycles. The minimum atomic E-state index is -0.735. The van der Waals surface area contributed by atoms with Crippen molar-refractivity contribution in [3.05, 3.63) is 85.4 Å². The molecule has 0 unspecified atom stereocenters. The van der Waals surface area contributed by atoms with Crippen LogP contribution in [0.1, 0.15) is 33.2 Å². The first kappa shape index (κ1) is 24.6. The molecule has 2 amide bonds. The van der Waals surface area contributed by atoms with Crippen molar-refractivity contribution < 1.29 is 19.4 Å². The topological polar surface area (TPSA) is 152 Å². The van der Waals surface area contributed by atoms with Gasteiger partial charge < -0.3 is 4.90 Å². The highest BCUT2D eigenvalue weighted by Crippen LogP contribution is 2.42. The van der Waals surface area contributed by atoms with Gasteiger partial charge >= 0.3 is 10.7 Å². The lowest BCUT2D eigenvalue weighted by molar-refractivity contribution is -0.389. The number of imide groups is 1. The van der Waals surface area contributed by atoms with Crippen LogP contribution in [0, 0.1) is 27.2 Å². The van der Waals surface area contributed by atoms with Crippen LogP contribution in [0.5, 0.6) is 0 Å². The van der Waals surface area contributed by atoms with Gasteiger partial charge in [0.1, 0.15) is 6.07 Å². The molecule has 0 fully saturated rings. The highest BCUT2D eigenvalue weighted by molar-refractivity contribution is 7.19. The monoisotopic (exact) mass is 508 g/mol. The molecule has 3 aromatic rings. The largest absolute Gasteiger partial charge is 0.370 e. The van der Waals surface area contributed by atoms with Gasteiger partial charge in [-0.1, -0.05) is 12.1 Å². The number of thiophene rings is 1. The molecule has 0 saturated carbocycles. The number of azo groups is 1. The van der Waals surface area contributed by atoms with Crippen molar-refractivity contribution in [3.8, 4) is 0 Å². The SMILES string of the molecule is CCN(CCN1C(=O)c2ccccc2C1=O)c1ccc(N=Nc2sc([N+](=O)[O-])cc2[N+](=O)[O-])c(C)c1. The number of hydrogen-bond donors (Lipinski definition) is 0. The molecule has 4 rings (SSSR count). The number of fused-ring (bicyclic) bond motifs is 1. The van der Waals surface area contributed by atoms with Gasteiger partial charge in [-0.3, -0.25) is 34.7 Å². The third-order valence-electron chi connectivity index (χ3n) is 5.70. The maximum atomic E-state index is 12.6. The maximum Gasteiger partial charge on any atom is 0.333 e. The van der Waals surface area contributed by atoms with Gasteiger partial charge in [0.05, 0.1) is 26.7 Å². The lowest BCUT2D eigenvalue weighted by atomic mass is 10.1. The van der Waals surface area contributed by atoms with E-state index in [1.807, 2.05) is 17.9 Å². The Hall–Kier alpha value is -4.52. The Bertz CT molecular complexity index is 1380. The molecular weight excluding hydrogens is 488 g/mol. The number of hydrogen-bond acceptors (Lipinski definition) is 10. The van der Waals surface area contributed by atoms with E-state index in [-0.39, 0.29) is 28.4 Å². The molecule has 12 nitrogen and oxygen atoms in total. The van der Waals surface area contributed by atoms with E-state index >= 15 is 0 Å². The van der Waals surface area contributed by atoms with Gasteiger partial charge in [0, 0.05) is 25.3 Å². The highest BCUT2D eigenvalue weighted by Gasteiger charge is 2.35. The van der Waals surface area contributed by atoms with Gasteiger partial charge in [0.2, 0.25) is 5.00 Å². The van der Waals surface area contributed by atoms with Crippen LogP contribution in [0.3, 0.4) is 0 Å². The number of rotatable bonds is 9. The van der Waals surface area contributed by atoms with Crippen molar-refractivity contribution in [2.75, 3.05) is 24.5 Å². The molecule has 1 aromatic heterocycles. The molecular formula is C23H20N6O6S. The van der Waals surface area contributed by atoms with Gasteiger partial charge in [-0.15, -0.1) is 10.2 Å². The van der Waals surface area contributed by atoms with E-state index in [1.165, 1.54) is 4.90 Å². The fraction of sp³-hybridized carbons (Fsp3) is 0.217. The van der Waals surface area contributed by atoms with Crippen molar-refractivity contribution >= 4 is 50.2 Å². The molecule has 0 spiro atoms. The van der Waals surface area contributed by atoms with Crippen molar-refractivity contribution in [2.24, 2.45) is 10.2 Å². The lowest BCUT2D eigenvalue weighted by Gasteiger charge is -2.26. The Morgan fingerprint density at radius 1 is 0.972 bits per heavy atom. The van der Waals surface area contributed by atoms with E-state index in [9.17, 15) is 29.8 Å². The normalized spacial score (nSPS) is 12.9. The third-order valence-corrected chi connectivity index (χ3v) is 6.66. The Morgan fingerprint density at radius 3 is 2.19 bits per heavy atom. The molecule has 0 bridgehead atoms. The number of carbonyl (C=O) groups excluding carboxylic acids is 2. The second-order valence-corrected chi connectivity index (χ2v) is 8.86. The molecule has 36 heavy (non-hydrogen) atoms. The number of likely N-dealkylation sites (N-methyl/N-ethyl adjacent to an activating group) is 1. The average Bonchev–Trinajstić information content (AvgIpc) is 3.39. The van der Waals surface area contributed by atoms with Gasteiger partial charge in [0.25, 0.3) is 11.8 Å². The number of nitrogens with zero attached hydrogens (tertiary/aromatic N) is 6. The number of anilines is 1. The molecule has 0 atom stereocenters. The van der Waals surface area contributed by atoms with E-state index in [2.05, 4.69) is 10.2 Å². The van der Waals surface area contributed by atoms with Gasteiger partial charge in [-0.25, -0.2) is 0 Å². The molecule has 1 aliphatic heterocycles. The van der Waals surface area contributed by atoms with Crippen LogP contribution < -0.4 is 4.90 Å². The Labute approximate surface area is 208 Å². The molecule has 0 saturated heterocycles. The second-order valence-electron chi connectivity index (χ2n) is 7.85. The summed E-state index contributed by atoms with van der Waals surface area (Å²) in [5.74, 6) is -0.608. The van der Waals surface area contributed by atoms with Crippen molar-refractivity contribution in [1.82, 2.24) is 4.90 Å². The van der Waals surface area contributed by atoms with Crippen molar-refractivity contribution in [2.45, 2.75) is 13.8 Å². The lowest BCUT2D eigenvalue weighted by Crippen LogP contribution is -2.38. The van der Waals surface area contributed by atoms with Crippen molar-refractivity contribution in [3.63, 3.8) is 0 Å². The maximum absolute atomic E-state index is 12.6. The molecule has 0 radical (unpaired) electrons. The summed E-state index contributed by atoms with van der Waals surface area (Å²) in [6, 6.07) is 12.9. The molecule has 0 N–H and O–H groups in total. The first-order chi connectivity index (χ1) is 17.2. The van der Waals surface area contributed by atoms with E-state index in [0.717, 1.165) is 17.3 Å². The van der Waals surface area contributed by atoms with Crippen LogP contribution in [0.15, 0.2) is 58.8 Å². The zero-order valence-electron chi connectivity index (χ0n) is 19.3. The van der Waals surface area contributed by atoms with E-state index < -0.39 is 15.5 Å². The second kappa shape index (κ2) is 10.00. The first-order valence-electron chi connectivity index (χ1n) is 10.9. The predicted molar refractivity (Wildman–Crippen MR) is 133 cm³/mol. The average molecular weight is 509 g/mol. The molecule has 184 valence electrons. The van der Waals surface area contributed by atoms with Crippen molar-refractivity contribution in [1.29, 1.82) is 0 Å². The molecule has 1 aliphatic rings. The zero-order chi connectivity index (χ0) is 26.0. The number of benzene rings is 2. The molecule has 2 heterocycles. The summed E-state index contributed by atoms with van der Waals surface area (Å²) in [4.78, 5) is 49.2. The van der Waals surface area contributed by atoms with Crippen LogP contribution in [-0.4, -0.2) is 46.2 Å². The summed E-state index contributed by atoms with van der Waals surface area (Å²) in [6.07, 6.45) is 0. The number of aryl methyl sites for hydroxylation is 1. The fourth-order valence-corrected chi connectivity index (χ4v) is 4.60. The minimum absolute atomic E-state index is 0.161. The summed E-state index contributed by atoms with van der Waals surface area (Å²) in [5.41, 5.74) is 2.35. The third kappa shape index (κ3) is 4.68. The Kier molecular flexibility index (Phi) is 6.83. The smallest absolute Gasteiger partial charge is 0.333 e. The van der Waals surface area contributed by atoms with Gasteiger partial charge in [0.15, 0.2) is 0 Å². The van der Waals surface area contributed by atoms with Crippen LogP contribution in [-0.2, 0) is 0 Å². The standard InChI is InChI=1S/C23H20N6O6S/c1-3-26(10-11-27-22(30)16-6-4-5-7-17(16)23(27)31)15-8-9-18(14(2)12-15)24-25-21-19(28(32)33)13-20(36-21)29(34)35/h4-9,12-13H,3,10-11H2,1-2H3. The van der Waals surface area contributed by atoms with Gasteiger partial charge in [-0.05, 0) is 61.1 Å². The van der Waals surface area contributed by atoms with Gasteiger partial charge in [-0.2, -0.15) is 0 Å². The quantitative estimate of drug-likeness (QED) is 0.162. The fourth-order valence-electron chi connectivity index (χ4n) is 3.83. The summed E-state index contributed by atoms with van der Waals surface area (Å²) >= 11 is 0.578. The van der Waals surface area contributed by atoms with Crippen LogP contribution >= 0.6 is 11.3 Å². The number of carbonyl (C=O) groups is 2. The van der Waals surface area contributed by atoms with E-state index in [1.54, 1.807) is 43.3 Å². The van der Waals surface area contributed by atoms with Crippen LogP contribution in [0.25, 0.3) is 0 Å².